The maximum atomic E-state index is 11.4. The fourth-order valence-corrected chi connectivity index (χ4v) is 3.00. The predicted octanol–water partition coefficient (Wildman–Crippen LogP) is 3.77. The third-order valence-corrected chi connectivity index (χ3v) is 4.46. The largest absolute Gasteiger partial charge is 0.495 e. The molecule has 8 nitrogen and oxygen atoms in total. The number of pyridine rings is 1. The van der Waals surface area contributed by atoms with Crippen LogP contribution in [0.25, 0.3) is 0 Å². The Balaban J connectivity index is 0.000000397. The van der Waals surface area contributed by atoms with Crippen LogP contribution < -0.4 is 21.5 Å². The van der Waals surface area contributed by atoms with Crippen LogP contribution in [0, 0.1) is 0 Å². The minimum atomic E-state index is -0.701. The van der Waals surface area contributed by atoms with Crippen LogP contribution in [0.1, 0.15) is 74.5 Å². The van der Waals surface area contributed by atoms with Gasteiger partial charge in [0.1, 0.15) is 17.4 Å². The molecule has 3 rings (SSSR count). The number of nitrogens with one attached hydrogen (secondary N) is 1. The average Bonchev–Trinajstić information content (AvgIpc) is 2.69. The van der Waals surface area contributed by atoms with E-state index in [4.69, 9.17) is 16.2 Å². The molecule has 0 aromatic carbocycles. The lowest BCUT2D eigenvalue weighted by Gasteiger charge is -2.14. The van der Waals surface area contributed by atoms with Crippen molar-refractivity contribution in [1.29, 1.82) is 0 Å². The van der Waals surface area contributed by atoms with Crippen LogP contribution >= 0.6 is 0 Å². The van der Waals surface area contributed by atoms with Crippen LogP contribution in [0.5, 0.6) is 5.75 Å². The van der Waals surface area contributed by atoms with E-state index in [-0.39, 0.29) is 17.4 Å². The molecule has 0 radical (unpaired) electrons. The minimum Gasteiger partial charge on any atom is -0.495 e. The highest BCUT2D eigenvalue weighted by atomic mass is 16.5. The van der Waals surface area contributed by atoms with Gasteiger partial charge in [-0.1, -0.05) is 52.4 Å². The molecule has 1 aliphatic carbocycles. The highest BCUT2D eigenvalue weighted by molar-refractivity contribution is 5.97. The Morgan fingerprint density at radius 1 is 1.11 bits per heavy atom. The topological polar surface area (TPSA) is 129 Å². The number of nitrogens with zero attached hydrogens (tertiary/aromatic N) is 3. The van der Waals surface area contributed by atoms with E-state index in [9.17, 15) is 4.79 Å². The van der Waals surface area contributed by atoms with Crippen molar-refractivity contribution in [2.24, 2.45) is 5.73 Å². The number of amides is 1. The van der Waals surface area contributed by atoms with Crippen molar-refractivity contribution in [2.45, 2.75) is 58.3 Å². The second kappa shape index (κ2) is 10.4. The third-order valence-electron chi connectivity index (χ3n) is 4.46. The molecule has 1 fully saturated rings. The Hall–Kier alpha value is -2.90. The summed E-state index contributed by atoms with van der Waals surface area (Å²) in [5.41, 5.74) is 12.0. The number of nitrogens with two attached hydrogens (primary N) is 2. The van der Waals surface area contributed by atoms with Crippen molar-refractivity contribution in [3.63, 3.8) is 0 Å². The van der Waals surface area contributed by atoms with Gasteiger partial charge in [0.05, 0.1) is 18.5 Å². The molecule has 152 valence electrons. The van der Waals surface area contributed by atoms with Crippen molar-refractivity contribution >= 4 is 23.2 Å². The highest BCUT2D eigenvalue weighted by Gasteiger charge is 2.14. The van der Waals surface area contributed by atoms with Crippen molar-refractivity contribution in [3.05, 3.63) is 29.6 Å². The van der Waals surface area contributed by atoms with Gasteiger partial charge in [-0.2, -0.15) is 0 Å². The molecular formula is C20H30N6O2. The van der Waals surface area contributed by atoms with Crippen molar-refractivity contribution in [2.75, 3.05) is 18.2 Å². The molecule has 2 aromatic rings. The van der Waals surface area contributed by atoms with E-state index in [1.807, 2.05) is 13.8 Å². The third kappa shape index (κ3) is 6.07. The molecule has 5 N–H and O–H groups in total. The number of rotatable bonds is 5. The Kier molecular flexibility index (Phi) is 7.98. The summed E-state index contributed by atoms with van der Waals surface area (Å²) in [4.78, 5) is 15.9. The molecule has 0 saturated heterocycles. The fraction of sp³-hybridized carbons (Fsp3) is 0.500. The summed E-state index contributed by atoms with van der Waals surface area (Å²) in [5, 5.41) is 10.3. The summed E-state index contributed by atoms with van der Waals surface area (Å²) in [6.07, 6.45) is 9.00. The summed E-state index contributed by atoms with van der Waals surface area (Å²) in [6, 6.07) is 5.01. The zero-order chi connectivity index (χ0) is 20.5. The van der Waals surface area contributed by atoms with Gasteiger partial charge < -0.3 is 21.5 Å². The fourth-order valence-electron chi connectivity index (χ4n) is 3.00. The predicted molar refractivity (Wildman–Crippen MR) is 111 cm³/mol. The van der Waals surface area contributed by atoms with Gasteiger partial charge in [0.15, 0.2) is 5.69 Å². The van der Waals surface area contributed by atoms with Gasteiger partial charge in [-0.05, 0) is 18.1 Å². The molecular weight excluding hydrogens is 356 g/mol. The van der Waals surface area contributed by atoms with E-state index in [0.717, 1.165) is 5.69 Å². The number of methoxy groups -OCH3 is 1. The van der Waals surface area contributed by atoms with Gasteiger partial charge in [0.25, 0.3) is 5.91 Å². The number of primary amides is 1. The number of hydrogen-bond acceptors (Lipinski definition) is 7. The van der Waals surface area contributed by atoms with E-state index >= 15 is 0 Å². The molecule has 0 atom stereocenters. The molecule has 0 bridgehead atoms. The van der Waals surface area contributed by atoms with E-state index in [1.54, 1.807) is 19.2 Å². The number of nitrogen functional groups attached to an aromatic ring is 1. The quantitative estimate of drug-likeness (QED) is 0.713. The number of aromatic nitrogens is 3. The molecule has 1 amide bonds. The van der Waals surface area contributed by atoms with Crippen molar-refractivity contribution in [1.82, 2.24) is 15.2 Å². The number of anilines is 3. The van der Waals surface area contributed by atoms with Gasteiger partial charge >= 0.3 is 0 Å². The summed E-state index contributed by atoms with van der Waals surface area (Å²) < 4.78 is 5.29. The van der Waals surface area contributed by atoms with Crippen LogP contribution in [0.2, 0.25) is 0 Å². The summed E-state index contributed by atoms with van der Waals surface area (Å²) in [7, 11) is 1.59. The molecule has 0 unspecified atom stereocenters. The number of ether oxygens (including phenoxy) is 1. The molecule has 2 aromatic heterocycles. The summed E-state index contributed by atoms with van der Waals surface area (Å²) in [6.45, 7) is 4.02. The molecule has 1 saturated carbocycles. The number of hydrogen-bond donors (Lipinski definition) is 3. The zero-order valence-electron chi connectivity index (χ0n) is 16.9. The van der Waals surface area contributed by atoms with Crippen LogP contribution in [-0.2, 0) is 0 Å². The average molecular weight is 387 g/mol. The first-order chi connectivity index (χ1) is 13.4. The molecule has 0 aliphatic heterocycles. The Labute approximate surface area is 166 Å². The Morgan fingerprint density at radius 2 is 1.71 bits per heavy atom. The molecule has 2 heterocycles. The van der Waals surface area contributed by atoms with E-state index < -0.39 is 5.91 Å². The highest BCUT2D eigenvalue weighted by Crippen LogP contribution is 2.27. The maximum absolute atomic E-state index is 11.4. The van der Waals surface area contributed by atoms with Crippen molar-refractivity contribution in [3.8, 4) is 5.75 Å². The van der Waals surface area contributed by atoms with Crippen molar-refractivity contribution < 1.29 is 9.53 Å². The minimum absolute atomic E-state index is 0.00193. The van der Waals surface area contributed by atoms with E-state index in [1.165, 1.54) is 44.6 Å². The van der Waals surface area contributed by atoms with Crippen LogP contribution in [-0.4, -0.2) is 28.2 Å². The lowest BCUT2D eigenvalue weighted by atomic mass is 10.0. The maximum Gasteiger partial charge on any atom is 0.271 e. The van der Waals surface area contributed by atoms with Gasteiger partial charge in [-0.3, -0.25) is 4.79 Å². The lowest BCUT2D eigenvalue weighted by molar-refractivity contribution is 0.0995. The SMILES string of the molecule is C1CCCCC1.COc1ccc(Nc2cc(N)nnc2C(N)=O)nc1C(C)C. The van der Waals surface area contributed by atoms with E-state index in [0.29, 0.717) is 17.3 Å². The lowest BCUT2D eigenvalue weighted by Crippen LogP contribution is -2.17. The summed E-state index contributed by atoms with van der Waals surface area (Å²) >= 11 is 0. The van der Waals surface area contributed by atoms with Gasteiger partial charge in [-0.15, -0.1) is 10.2 Å². The molecule has 8 heteroatoms. The Bertz CT molecular complexity index is 779. The smallest absolute Gasteiger partial charge is 0.271 e. The first kappa shape index (κ1) is 21.4. The first-order valence-electron chi connectivity index (χ1n) is 9.67. The Morgan fingerprint density at radius 3 is 2.21 bits per heavy atom. The van der Waals surface area contributed by atoms with Crippen LogP contribution in [0.15, 0.2) is 18.2 Å². The normalized spacial score (nSPS) is 13.4. The summed E-state index contributed by atoms with van der Waals surface area (Å²) in [5.74, 6) is 0.869. The van der Waals surface area contributed by atoms with Gasteiger partial charge in [0, 0.05) is 6.07 Å². The monoisotopic (exact) mass is 386 g/mol. The van der Waals surface area contributed by atoms with Gasteiger partial charge in [0.2, 0.25) is 0 Å². The van der Waals surface area contributed by atoms with E-state index in [2.05, 4.69) is 20.5 Å². The number of carbonyl (C=O) groups is 1. The molecule has 1 aliphatic rings. The molecule has 0 spiro atoms. The second-order valence-electron chi connectivity index (χ2n) is 7.08. The second-order valence-corrected chi connectivity index (χ2v) is 7.08. The van der Waals surface area contributed by atoms with Gasteiger partial charge in [-0.25, -0.2) is 4.98 Å². The standard InChI is InChI=1S/C14H18N6O2.C6H12/c1-7(2)12-9(22-3)4-5-11(18-12)17-8-6-10(15)19-20-13(8)14(16)21;1-2-4-6-5-3-1/h4-7H,1-3H3,(H2,16,21)(H3,15,17,18,19);1-6H2. The van der Waals surface area contributed by atoms with Crippen LogP contribution in [0.4, 0.5) is 17.3 Å². The zero-order valence-corrected chi connectivity index (χ0v) is 16.9. The number of carbonyl (C=O) groups excluding carboxylic acids is 1. The van der Waals surface area contributed by atoms with Crippen LogP contribution in [0.3, 0.4) is 0 Å². The first-order valence-corrected chi connectivity index (χ1v) is 9.67. The molecule has 28 heavy (non-hydrogen) atoms.